The van der Waals surface area contributed by atoms with Crippen molar-refractivity contribution in [1.82, 2.24) is 5.32 Å². The molecule has 1 fully saturated rings. The van der Waals surface area contributed by atoms with Crippen molar-refractivity contribution in [2.45, 2.75) is 12.3 Å². The van der Waals surface area contributed by atoms with Crippen molar-refractivity contribution in [3.63, 3.8) is 0 Å². The Hall–Kier alpha value is -1.35. The summed E-state index contributed by atoms with van der Waals surface area (Å²) in [5, 5.41) is 12.5. The number of hydrogen-bond donors (Lipinski definition) is 2. The zero-order chi connectivity index (χ0) is 10.7. The summed E-state index contributed by atoms with van der Waals surface area (Å²) >= 11 is 0. The Bertz CT molecular complexity index is 331. The molecule has 2 N–H and O–H groups in total. The summed E-state index contributed by atoms with van der Waals surface area (Å²) in [4.78, 5) is 11.3. The second kappa shape index (κ2) is 4.45. The van der Waals surface area contributed by atoms with Gasteiger partial charge in [0, 0.05) is 0 Å². The summed E-state index contributed by atoms with van der Waals surface area (Å²) < 4.78 is 0. The SMILES string of the molecule is O=C(O)C(c1ccccc1)C1CCNC1. The van der Waals surface area contributed by atoms with E-state index in [1.54, 1.807) is 0 Å². The van der Waals surface area contributed by atoms with Crippen LogP contribution in [0.15, 0.2) is 30.3 Å². The minimum absolute atomic E-state index is 0.227. The summed E-state index contributed by atoms with van der Waals surface area (Å²) in [5.74, 6) is -0.846. The average molecular weight is 205 g/mol. The first kappa shape index (κ1) is 10.2. The van der Waals surface area contributed by atoms with E-state index in [4.69, 9.17) is 0 Å². The first-order valence-corrected chi connectivity index (χ1v) is 5.27. The fraction of sp³-hybridized carbons (Fsp3) is 0.417. The lowest BCUT2D eigenvalue weighted by Gasteiger charge is -2.18. The number of hydrogen-bond acceptors (Lipinski definition) is 2. The van der Waals surface area contributed by atoms with Gasteiger partial charge in [0.25, 0.3) is 0 Å². The molecule has 1 aromatic rings. The van der Waals surface area contributed by atoms with E-state index in [2.05, 4.69) is 5.32 Å². The normalized spacial score (nSPS) is 22.5. The van der Waals surface area contributed by atoms with Gasteiger partial charge in [0.1, 0.15) is 0 Å². The molecule has 1 aliphatic heterocycles. The van der Waals surface area contributed by atoms with Crippen molar-refractivity contribution >= 4 is 5.97 Å². The summed E-state index contributed by atoms with van der Waals surface area (Å²) in [6, 6.07) is 9.50. The van der Waals surface area contributed by atoms with Gasteiger partial charge in [-0.05, 0) is 31.0 Å². The maximum Gasteiger partial charge on any atom is 0.311 e. The number of carbonyl (C=O) groups is 1. The zero-order valence-corrected chi connectivity index (χ0v) is 8.52. The minimum Gasteiger partial charge on any atom is -0.481 e. The number of aliphatic carboxylic acids is 1. The van der Waals surface area contributed by atoms with Crippen LogP contribution in [0.2, 0.25) is 0 Å². The molecule has 0 aromatic heterocycles. The van der Waals surface area contributed by atoms with Crippen LogP contribution in [0, 0.1) is 5.92 Å². The molecular formula is C12H15NO2. The highest BCUT2D eigenvalue weighted by atomic mass is 16.4. The van der Waals surface area contributed by atoms with Crippen molar-refractivity contribution in [2.75, 3.05) is 13.1 Å². The van der Waals surface area contributed by atoms with Crippen LogP contribution in [-0.4, -0.2) is 24.2 Å². The van der Waals surface area contributed by atoms with E-state index in [-0.39, 0.29) is 11.8 Å². The van der Waals surface area contributed by atoms with Gasteiger partial charge in [-0.3, -0.25) is 4.79 Å². The van der Waals surface area contributed by atoms with Crippen molar-refractivity contribution in [1.29, 1.82) is 0 Å². The van der Waals surface area contributed by atoms with Crippen LogP contribution < -0.4 is 5.32 Å². The molecule has 0 bridgehead atoms. The van der Waals surface area contributed by atoms with Gasteiger partial charge in [0.2, 0.25) is 0 Å². The van der Waals surface area contributed by atoms with Gasteiger partial charge >= 0.3 is 5.97 Å². The highest BCUT2D eigenvalue weighted by Gasteiger charge is 2.31. The van der Waals surface area contributed by atoms with Crippen LogP contribution >= 0.6 is 0 Å². The molecule has 80 valence electrons. The van der Waals surface area contributed by atoms with E-state index in [1.165, 1.54) is 0 Å². The quantitative estimate of drug-likeness (QED) is 0.785. The molecule has 0 radical (unpaired) electrons. The van der Waals surface area contributed by atoms with E-state index in [0.29, 0.717) is 0 Å². The lowest BCUT2D eigenvalue weighted by molar-refractivity contribution is -0.140. The van der Waals surface area contributed by atoms with Crippen molar-refractivity contribution in [3.8, 4) is 0 Å². The van der Waals surface area contributed by atoms with Gasteiger partial charge in [-0.25, -0.2) is 0 Å². The average Bonchev–Trinajstić information content (AvgIpc) is 2.72. The second-order valence-electron chi connectivity index (χ2n) is 3.98. The Morgan fingerprint density at radius 2 is 2.13 bits per heavy atom. The molecule has 0 saturated carbocycles. The highest BCUT2D eigenvalue weighted by molar-refractivity contribution is 5.76. The Balaban J connectivity index is 2.23. The van der Waals surface area contributed by atoms with Crippen LogP contribution in [0.3, 0.4) is 0 Å². The summed E-state index contributed by atoms with van der Waals surface area (Å²) in [6.07, 6.45) is 0.950. The third-order valence-corrected chi connectivity index (χ3v) is 2.99. The highest BCUT2D eigenvalue weighted by Crippen LogP contribution is 2.29. The lowest BCUT2D eigenvalue weighted by Crippen LogP contribution is -2.23. The number of carboxylic acid groups (broad SMARTS) is 1. The molecule has 2 rings (SSSR count). The third kappa shape index (κ3) is 2.18. The van der Waals surface area contributed by atoms with Crippen LogP contribution in [0.1, 0.15) is 17.9 Å². The Labute approximate surface area is 89.1 Å². The van der Waals surface area contributed by atoms with Gasteiger partial charge in [0.05, 0.1) is 5.92 Å². The fourth-order valence-corrected chi connectivity index (χ4v) is 2.24. The molecule has 3 nitrogen and oxygen atoms in total. The standard InChI is InChI=1S/C12H15NO2/c14-12(15)11(10-6-7-13-8-10)9-4-2-1-3-5-9/h1-5,10-11,13H,6-8H2,(H,14,15). The smallest absolute Gasteiger partial charge is 0.311 e. The molecule has 0 amide bonds. The first-order chi connectivity index (χ1) is 7.29. The largest absolute Gasteiger partial charge is 0.481 e. The Kier molecular flexibility index (Phi) is 3.02. The number of rotatable bonds is 3. The predicted molar refractivity (Wildman–Crippen MR) is 57.8 cm³/mol. The van der Waals surface area contributed by atoms with Gasteiger partial charge in [0.15, 0.2) is 0 Å². The van der Waals surface area contributed by atoms with Gasteiger partial charge < -0.3 is 10.4 Å². The van der Waals surface area contributed by atoms with Crippen molar-refractivity contribution in [2.24, 2.45) is 5.92 Å². The second-order valence-corrected chi connectivity index (χ2v) is 3.98. The van der Waals surface area contributed by atoms with E-state index in [0.717, 1.165) is 25.1 Å². The molecule has 1 aromatic carbocycles. The molecule has 1 aliphatic rings. The van der Waals surface area contributed by atoms with Crippen molar-refractivity contribution in [3.05, 3.63) is 35.9 Å². The molecular weight excluding hydrogens is 190 g/mol. The topological polar surface area (TPSA) is 49.3 Å². The monoisotopic (exact) mass is 205 g/mol. The van der Waals surface area contributed by atoms with Crippen molar-refractivity contribution < 1.29 is 9.90 Å². The lowest BCUT2D eigenvalue weighted by atomic mass is 9.85. The van der Waals surface area contributed by atoms with E-state index < -0.39 is 5.97 Å². The van der Waals surface area contributed by atoms with E-state index in [1.807, 2.05) is 30.3 Å². The molecule has 0 spiro atoms. The summed E-state index contributed by atoms with van der Waals surface area (Å²) in [7, 11) is 0. The first-order valence-electron chi connectivity index (χ1n) is 5.27. The van der Waals surface area contributed by atoms with Gasteiger partial charge in [-0.15, -0.1) is 0 Å². The summed E-state index contributed by atoms with van der Waals surface area (Å²) in [6.45, 7) is 1.74. The number of carboxylic acids is 1. The molecule has 15 heavy (non-hydrogen) atoms. The zero-order valence-electron chi connectivity index (χ0n) is 8.52. The predicted octanol–water partition coefficient (Wildman–Crippen LogP) is 1.46. The van der Waals surface area contributed by atoms with Gasteiger partial charge in [-0.2, -0.15) is 0 Å². The Morgan fingerprint density at radius 1 is 1.40 bits per heavy atom. The van der Waals surface area contributed by atoms with E-state index >= 15 is 0 Å². The molecule has 0 aliphatic carbocycles. The fourth-order valence-electron chi connectivity index (χ4n) is 2.24. The number of benzene rings is 1. The van der Waals surface area contributed by atoms with Crippen LogP contribution in [0.5, 0.6) is 0 Å². The Morgan fingerprint density at radius 3 is 2.67 bits per heavy atom. The third-order valence-electron chi connectivity index (χ3n) is 2.99. The van der Waals surface area contributed by atoms with Crippen LogP contribution in [-0.2, 0) is 4.79 Å². The molecule has 1 heterocycles. The molecule has 3 heteroatoms. The van der Waals surface area contributed by atoms with E-state index in [9.17, 15) is 9.90 Å². The minimum atomic E-state index is -0.713. The van der Waals surface area contributed by atoms with Crippen LogP contribution in [0.25, 0.3) is 0 Å². The maximum absolute atomic E-state index is 11.3. The summed E-state index contributed by atoms with van der Waals surface area (Å²) in [5.41, 5.74) is 0.915. The number of nitrogens with one attached hydrogen (secondary N) is 1. The maximum atomic E-state index is 11.3. The molecule has 1 saturated heterocycles. The van der Waals surface area contributed by atoms with Crippen LogP contribution in [0.4, 0.5) is 0 Å². The molecule has 2 atom stereocenters. The van der Waals surface area contributed by atoms with Gasteiger partial charge in [-0.1, -0.05) is 30.3 Å². The molecule has 2 unspecified atom stereocenters.